The van der Waals surface area contributed by atoms with Crippen molar-refractivity contribution < 1.29 is 18.8 Å². The largest absolute Gasteiger partial charge is 0.477 e. The monoisotopic (exact) mass is 329 g/mol. The van der Waals surface area contributed by atoms with E-state index in [1.807, 2.05) is 23.1 Å². The summed E-state index contributed by atoms with van der Waals surface area (Å²) in [6, 6.07) is 7.27. The van der Waals surface area contributed by atoms with Crippen LogP contribution in [0.15, 0.2) is 41.2 Å². The minimum Gasteiger partial charge on any atom is -0.477 e. The van der Waals surface area contributed by atoms with Gasteiger partial charge in [-0.3, -0.25) is 4.79 Å². The van der Waals surface area contributed by atoms with Crippen LogP contribution < -0.4 is 4.74 Å². The molecule has 1 aliphatic carbocycles. The molecule has 24 heavy (non-hydrogen) atoms. The molecule has 4 rings (SSSR count). The van der Waals surface area contributed by atoms with Crippen LogP contribution in [0.2, 0.25) is 0 Å². The molecule has 1 saturated carbocycles. The number of fused-ring (bicyclic) bond motifs is 1. The Morgan fingerprint density at radius 3 is 3.04 bits per heavy atom. The summed E-state index contributed by atoms with van der Waals surface area (Å²) in [6.07, 6.45) is 5.01. The van der Waals surface area contributed by atoms with E-state index < -0.39 is 0 Å². The minimum absolute atomic E-state index is 0.0583. The standard InChI is InChI=1S/C17H19N3O4/c21-17(14-4-6-19-24-14)20-7-8-22-15-10-12(9-13(15)20)11-23-16-3-1-2-5-18-16/h1-6,12-13,15H,7-11H2. The molecule has 0 aromatic carbocycles. The lowest BCUT2D eigenvalue weighted by atomic mass is 10.1. The Labute approximate surface area is 139 Å². The Bertz CT molecular complexity index is 676. The van der Waals surface area contributed by atoms with E-state index in [0.717, 1.165) is 12.8 Å². The molecule has 7 nitrogen and oxygen atoms in total. The maximum Gasteiger partial charge on any atom is 0.292 e. The van der Waals surface area contributed by atoms with Gasteiger partial charge in [-0.25, -0.2) is 4.98 Å². The highest BCUT2D eigenvalue weighted by Gasteiger charge is 2.43. The van der Waals surface area contributed by atoms with Gasteiger partial charge in [-0.05, 0) is 24.8 Å². The van der Waals surface area contributed by atoms with E-state index >= 15 is 0 Å². The molecule has 0 bridgehead atoms. The second-order valence-electron chi connectivity index (χ2n) is 6.17. The van der Waals surface area contributed by atoms with Crippen molar-refractivity contribution in [2.45, 2.75) is 25.0 Å². The van der Waals surface area contributed by atoms with E-state index in [-0.39, 0.29) is 23.8 Å². The summed E-state index contributed by atoms with van der Waals surface area (Å²) in [5, 5.41) is 3.62. The molecule has 1 amide bonds. The zero-order valence-electron chi connectivity index (χ0n) is 13.2. The van der Waals surface area contributed by atoms with Crippen LogP contribution in [-0.2, 0) is 4.74 Å². The number of nitrogens with zero attached hydrogens (tertiary/aromatic N) is 3. The normalized spacial score (nSPS) is 26.2. The average molecular weight is 329 g/mol. The molecule has 1 saturated heterocycles. The molecule has 2 aliphatic rings. The summed E-state index contributed by atoms with van der Waals surface area (Å²) in [6.45, 7) is 1.71. The summed E-state index contributed by atoms with van der Waals surface area (Å²) in [4.78, 5) is 18.6. The Kier molecular flexibility index (Phi) is 4.17. The van der Waals surface area contributed by atoms with Crippen LogP contribution in [0.1, 0.15) is 23.4 Å². The number of carbonyl (C=O) groups excluding carboxylic acids is 1. The number of hydrogen-bond donors (Lipinski definition) is 0. The van der Waals surface area contributed by atoms with E-state index in [4.69, 9.17) is 14.0 Å². The van der Waals surface area contributed by atoms with Crippen molar-refractivity contribution in [1.82, 2.24) is 15.0 Å². The van der Waals surface area contributed by atoms with Gasteiger partial charge in [-0.2, -0.15) is 0 Å². The predicted octanol–water partition coefficient (Wildman–Crippen LogP) is 1.77. The van der Waals surface area contributed by atoms with Crippen LogP contribution >= 0.6 is 0 Å². The van der Waals surface area contributed by atoms with Gasteiger partial charge in [-0.15, -0.1) is 0 Å². The molecule has 3 heterocycles. The number of carbonyl (C=O) groups is 1. The average Bonchev–Trinajstić information content (AvgIpc) is 3.29. The molecule has 0 spiro atoms. The van der Waals surface area contributed by atoms with Crippen LogP contribution in [0.4, 0.5) is 0 Å². The summed E-state index contributed by atoms with van der Waals surface area (Å²) in [7, 11) is 0. The van der Waals surface area contributed by atoms with Crippen molar-refractivity contribution in [3.8, 4) is 5.88 Å². The lowest BCUT2D eigenvalue weighted by Crippen LogP contribution is -2.51. The lowest BCUT2D eigenvalue weighted by Gasteiger charge is -2.36. The molecule has 0 radical (unpaired) electrons. The van der Waals surface area contributed by atoms with Crippen LogP contribution in [0.3, 0.4) is 0 Å². The SMILES string of the molecule is O=C(c1ccno1)N1CCOC2CC(COc3ccccn3)CC21. The number of hydrogen-bond acceptors (Lipinski definition) is 6. The first kappa shape index (κ1) is 15.1. The maximum absolute atomic E-state index is 12.6. The fraction of sp³-hybridized carbons (Fsp3) is 0.471. The Morgan fingerprint density at radius 2 is 2.25 bits per heavy atom. The third kappa shape index (κ3) is 2.99. The van der Waals surface area contributed by atoms with Crippen LogP contribution in [0.5, 0.6) is 5.88 Å². The molecular formula is C17H19N3O4. The first-order chi connectivity index (χ1) is 11.8. The molecule has 126 valence electrons. The lowest BCUT2D eigenvalue weighted by molar-refractivity contribution is -0.0459. The molecule has 3 unspecified atom stereocenters. The summed E-state index contributed by atoms with van der Waals surface area (Å²) >= 11 is 0. The molecule has 1 aliphatic heterocycles. The van der Waals surface area contributed by atoms with Gasteiger partial charge in [0.2, 0.25) is 11.6 Å². The Hall–Kier alpha value is -2.41. The van der Waals surface area contributed by atoms with Crippen molar-refractivity contribution in [1.29, 1.82) is 0 Å². The van der Waals surface area contributed by atoms with Gasteiger partial charge in [-0.1, -0.05) is 11.2 Å². The Balaban J connectivity index is 1.40. The van der Waals surface area contributed by atoms with E-state index in [2.05, 4.69) is 10.1 Å². The van der Waals surface area contributed by atoms with Crippen molar-refractivity contribution in [3.63, 3.8) is 0 Å². The summed E-state index contributed by atoms with van der Waals surface area (Å²) < 4.78 is 16.7. The van der Waals surface area contributed by atoms with Crippen molar-refractivity contribution >= 4 is 5.91 Å². The molecule has 3 atom stereocenters. The number of amides is 1. The summed E-state index contributed by atoms with van der Waals surface area (Å²) in [5.41, 5.74) is 0. The first-order valence-corrected chi connectivity index (χ1v) is 8.18. The third-order valence-electron chi connectivity index (χ3n) is 4.65. The second-order valence-corrected chi connectivity index (χ2v) is 6.17. The van der Waals surface area contributed by atoms with E-state index in [1.165, 1.54) is 6.20 Å². The van der Waals surface area contributed by atoms with Gasteiger partial charge < -0.3 is 18.9 Å². The van der Waals surface area contributed by atoms with Crippen molar-refractivity contribution in [2.75, 3.05) is 19.8 Å². The van der Waals surface area contributed by atoms with Gasteiger partial charge >= 0.3 is 0 Å². The van der Waals surface area contributed by atoms with E-state index in [9.17, 15) is 4.79 Å². The predicted molar refractivity (Wildman–Crippen MR) is 83.5 cm³/mol. The number of aromatic nitrogens is 2. The van der Waals surface area contributed by atoms with Crippen LogP contribution in [0, 0.1) is 5.92 Å². The van der Waals surface area contributed by atoms with Gasteiger partial charge in [0.1, 0.15) is 0 Å². The highest BCUT2D eigenvalue weighted by Crippen LogP contribution is 2.35. The molecule has 2 aromatic heterocycles. The third-order valence-corrected chi connectivity index (χ3v) is 4.65. The van der Waals surface area contributed by atoms with Gasteiger partial charge in [0.15, 0.2) is 0 Å². The second kappa shape index (κ2) is 6.60. The molecule has 7 heteroatoms. The van der Waals surface area contributed by atoms with Crippen LogP contribution in [-0.4, -0.2) is 52.9 Å². The van der Waals surface area contributed by atoms with Crippen molar-refractivity contribution in [3.05, 3.63) is 42.4 Å². The number of pyridine rings is 1. The van der Waals surface area contributed by atoms with Crippen molar-refractivity contribution in [2.24, 2.45) is 5.92 Å². The van der Waals surface area contributed by atoms with E-state index in [0.29, 0.717) is 31.6 Å². The molecular weight excluding hydrogens is 310 g/mol. The number of rotatable bonds is 4. The van der Waals surface area contributed by atoms with Crippen LogP contribution in [0.25, 0.3) is 0 Å². The molecule has 0 N–H and O–H groups in total. The zero-order chi connectivity index (χ0) is 16.4. The topological polar surface area (TPSA) is 77.7 Å². The first-order valence-electron chi connectivity index (χ1n) is 8.18. The van der Waals surface area contributed by atoms with Gasteiger partial charge in [0, 0.05) is 24.9 Å². The minimum atomic E-state index is -0.114. The van der Waals surface area contributed by atoms with E-state index in [1.54, 1.807) is 12.3 Å². The summed E-state index contributed by atoms with van der Waals surface area (Å²) in [5.74, 6) is 1.13. The number of ether oxygens (including phenoxy) is 2. The highest BCUT2D eigenvalue weighted by atomic mass is 16.5. The number of morpholine rings is 1. The molecule has 2 fully saturated rings. The maximum atomic E-state index is 12.6. The Morgan fingerprint density at radius 1 is 1.29 bits per heavy atom. The smallest absolute Gasteiger partial charge is 0.292 e. The quantitative estimate of drug-likeness (QED) is 0.851. The molecule has 2 aromatic rings. The fourth-order valence-electron chi connectivity index (χ4n) is 3.54. The van der Waals surface area contributed by atoms with Gasteiger partial charge in [0.05, 0.1) is 31.6 Å². The fourth-order valence-corrected chi connectivity index (χ4v) is 3.54. The van der Waals surface area contributed by atoms with Gasteiger partial charge in [0.25, 0.3) is 5.91 Å². The highest BCUT2D eigenvalue weighted by molar-refractivity contribution is 5.91. The zero-order valence-corrected chi connectivity index (χ0v) is 13.2.